The second-order valence-electron chi connectivity index (χ2n) is 5.83. The van der Waals surface area contributed by atoms with Gasteiger partial charge in [-0.1, -0.05) is 5.92 Å². The van der Waals surface area contributed by atoms with Crippen molar-refractivity contribution in [3.63, 3.8) is 0 Å². The maximum Gasteiger partial charge on any atom is 0.414 e. The SMILES string of the molecule is C#Cc1cc(C)c(C2=C(OC(=O)N(C)C)C(C)NC2=O)c(C)c1. The number of carbonyl (C=O) groups is 2. The van der Waals surface area contributed by atoms with E-state index in [1.54, 1.807) is 21.0 Å². The van der Waals surface area contributed by atoms with Crippen LogP contribution in [0.15, 0.2) is 17.9 Å². The third kappa shape index (κ3) is 3.07. The normalized spacial score (nSPS) is 16.9. The van der Waals surface area contributed by atoms with Gasteiger partial charge in [0.25, 0.3) is 5.91 Å². The highest BCUT2D eigenvalue weighted by atomic mass is 16.6. The lowest BCUT2D eigenvalue weighted by Crippen LogP contribution is -2.29. The van der Waals surface area contributed by atoms with Crippen LogP contribution in [0, 0.1) is 26.2 Å². The highest BCUT2D eigenvalue weighted by molar-refractivity contribution is 6.23. The van der Waals surface area contributed by atoms with Gasteiger partial charge in [-0.2, -0.15) is 0 Å². The third-order valence-corrected chi connectivity index (χ3v) is 3.73. The van der Waals surface area contributed by atoms with Crippen molar-refractivity contribution in [3.05, 3.63) is 40.1 Å². The fourth-order valence-electron chi connectivity index (χ4n) is 2.67. The summed E-state index contributed by atoms with van der Waals surface area (Å²) in [4.78, 5) is 25.6. The van der Waals surface area contributed by atoms with Crippen LogP contribution in [0.5, 0.6) is 0 Å². The molecule has 0 fully saturated rings. The first kappa shape index (κ1) is 16.6. The van der Waals surface area contributed by atoms with Crippen LogP contribution in [0.3, 0.4) is 0 Å². The Morgan fingerprint density at radius 2 is 1.87 bits per heavy atom. The first-order valence-electron chi connectivity index (χ1n) is 7.28. The molecule has 0 spiro atoms. The molecule has 5 heteroatoms. The van der Waals surface area contributed by atoms with Crippen LogP contribution >= 0.6 is 0 Å². The summed E-state index contributed by atoms with van der Waals surface area (Å²) in [5, 5.41) is 2.79. The molecule has 1 aliphatic rings. The number of carbonyl (C=O) groups excluding carboxylic acids is 2. The number of terminal acetylenes is 1. The molecule has 1 atom stereocenters. The van der Waals surface area contributed by atoms with E-state index in [1.807, 2.05) is 26.0 Å². The van der Waals surface area contributed by atoms with Gasteiger partial charge in [0.2, 0.25) is 0 Å². The molecule has 2 rings (SSSR count). The van der Waals surface area contributed by atoms with E-state index in [1.165, 1.54) is 4.90 Å². The highest BCUT2D eigenvalue weighted by Crippen LogP contribution is 2.32. The number of rotatable bonds is 2. The Kier molecular flexibility index (Phi) is 4.46. The van der Waals surface area contributed by atoms with Crippen LogP contribution in [0.2, 0.25) is 0 Å². The van der Waals surface area contributed by atoms with Crippen LogP contribution in [0.4, 0.5) is 4.79 Å². The molecule has 0 saturated carbocycles. The molecule has 0 saturated heterocycles. The van der Waals surface area contributed by atoms with E-state index in [9.17, 15) is 9.59 Å². The Morgan fingerprint density at radius 3 is 2.35 bits per heavy atom. The average molecular weight is 312 g/mol. The van der Waals surface area contributed by atoms with Gasteiger partial charge in [-0.05, 0) is 49.6 Å². The molecular weight excluding hydrogens is 292 g/mol. The molecule has 1 N–H and O–H groups in total. The summed E-state index contributed by atoms with van der Waals surface area (Å²) in [6.45, 7) is 5.55. The lowest BCUT2D eigenvalue weighted by atomic mass is 9.93. The van der Waals surface area contributed by atoms with Gasteiger partial charge >= 0.3 is 6.09 Å². The van der Waals surface area contributed by atoms with Crippen LogP contribution in [-0.4, -0.2) is 37.0 Å². The van der Waals surface area contributed by atoms with Gasteiger partial charge in [0.05, 0.1) is 11.6 Å². The Bertz CT molecular complexity index is 731. The highest BCUT2D eigenvalue weighted by Gasteiger charge is 2.34. The molecule has 5 nitrogen and oxygen atoms in total. The van der Waals surface area contributed by atoms with E-state index in [2.05, 4.69) is 11.2 Å². The maximum absolute atomic E-state index is 12.4. The molecule has 1 aromatic rings. The summed E-state index contributed by atoms with van der Waals surface area (Å²) in [5.74, 6) is 2.69. The van der Waals surface area contributed by atoms with Crippen LogP contribution in [-0.2, 0) is 9.53 Å². The zero-order valence-electron chi connectivity index (χ0n) is 14.0. The zero-order valence-corrected chi connectivity index (χ0v) is 14.0. The van der Waals surface area contributed by atoms with E-state index < -0.39 is 6.09 Å². The summed E-state index contributed by atoms with van der Waals surface area (Å²) < 4.78 is 5.43. The minimum atomic E-state index is -0.517. The number of aryl methyl sites for hydroxylation is 2. The summed E-state index contributed by atoms with van der Waals surface area (Å²) in [7, 11) is 3.19. The van der Waals surface area contributed by atoms with Gasteiger partial charge in [0, 0.05) is 19.7 Å². The fraction of sp³-hybridized carbons (Fsp3) is 0.333. The van der Waals surface area contributed by atoms with Gasteiger partial charge in [-0.3, -0.25) is 4.79 Å². The van der Waals surface area contributed by atoms with Gasteiger partial charge in [-0.15, -0.1) is 6.42 Å². The van der Waals surface area contributed by atoms with Crippen molar-refractivity contribution in [3.8, 4) is 12.3 Å². The monoisotopic (exact) mass is 312 g/mol. The molecule has 23 heavy (non-hydrogen) atoms. The average Bonchev–Trinajstić information content (AvgIpc) is 2.73. The minimum Gasteiger partial charge on any atom is -0.412 e. The van der Waals surface area contributed by atoms with Crippen molar-refractivity contribution < 1.29 is 14.3 Å². The largest absolute Gasteiger partial charge is 0.414 e. The molecule has 0 bridgehead atoms. The van der Waals surface area contributed by atoms with Crippen molar-refractivity contribution in [2.75, 3.05) is 14.1 Å². The molecule has 1 unspecified atom stereocenters. The minimum absolute atomic E-state index is 0.251. The number of hydrogen-bond donors (Lipinski definition) is 1. The fourth-order valence-corrected chi connectivity index (χ4v) is 2.67. The molecule has 2 amide bonds. The molecule has 120 valence electrons. The molecule has 0 radical (unpaired) electrons. The predicted molar refractivity (Wildman–Crippen MR) is 88.5 cm³/mol. The molecular formula is C18H20N2O3. The second kappa shape index (κ2) is 6.17. The lowest BCUT2D eigenvalue weighted by Gasteiger charge is -2.16. The number of amides is 2. The van der Waals surface area contributed by atoms with Crippen LogP contribution in [0.1, 0.15) is 29.2 Å². The van der Waals surface area contributed by atoms with Crippen molar-refractivity contribution in [1.82, 2.24) is 10.2 Å². The summed E-state index contributed by atoms with van der Waals surface area (Å²) in [6.07, 6.45) is 4.93. The van der Waals surface area contributed by atoms with Crippen LogP contribution < -0.4 is 5.32 Å². The van der Waals surface area contributed by atoms with E-state index in [0.29, 0.717) is 11.3 Å². The standard InChI is InChI=1S/C18H20N2O3/c1-7-13-8-10(2)14(11(3)9-13)15-16(12(4)19-17(15)21)23-18(22)20(5)6/h1,8-9,12H,2-6H3,(H,19,21). The van der Waals surface area contributed by atoms with Gasteiger partial charge in [0.15, 0.2) is 0 Å². The topological polar surface area (TPSA) is 58.6 Å². The van der Waals surface area contributed by atoms with Gasteiger partial charge < -0.3 is 15.0 Å². The van der Waals surface area contributed by atoms with Crippen molar-refractivity contribution >= 4 is 17.6 Å². The van der Waals surface area contributed by atoms with Gasteiger partial charge in [0.1, 0.15) is 5.76 Å². The predicted octanol–water partition coefficient (Wildman–Crippen LogP) is 2.21. The lowest BCUT2D eigenvalue weighted by molar-refractivity contribution is -0.115. The molecule has 1 aliphatic heterocycles. The van der Waals surface area contributed by atoms with E-state index >= 15 is 0 Å². The summed E-state index contributed by atoms with van der Waals surface area (Å²) in [6, 6.07) is 3.32. The number of ether oxygens (including phenoxy) is 1. The molecule has 1 aromatic carbocycles. The number of hydrogen-bond acceptors (Lipinski definition) is 3. The van der Waals surface area contributed by atoms with Crippen molar-refractivity contribution in [1.29, 1.82) is 0 Å². The van der Waals surface area contributed by atoms with E-state index in [0.717, 1.165) is 22.3 Å². The van der Waals surface area contributed by atoms with Crippen molar-refractivity contribution in [2.45, 2.75) is 26.8 Å². The second-order valence-corrected chi connectivity index (χ2v) is 5.83. The Labute approximate surface area is 136 Å². The quantitative estimate of drug-likeness (QED) is 0.852. The van der Waals surface area contributed by atoms with Crippen molar-refractivity contribution in [2.24, 2.45) is 0 Å². The Balaban J connectivity index is 2.62. The van der Waals surface area contributed by atoms with E-state index in [-0.39, 0.29) is 11.9 Å². The molecule has 0 aliphatic carbocycles. The summed E-state index contributed by atoms with van der Waals surface area (Å²) in [5.41, 5.74) is 3.65. The number of nitrogens with zero attached hydrogens (tertiary/aromatic N) is 1. The van der Waals surface area contributed by atoms with Gasteiger partial charge in [-0.25, -0.2) is 4.79 Å². The molecule has 0 aromatic heterocycles. The smallest absolute Gasteiger partial charge is 0.412 e. The summed E-state index contributed by atoms with van der Waals surface area (Å²) >= 11 is 0. The molecule has 1 heterocycles. The Hall–Kier alpha value is -2.74. The zero-order chi connectivity index (χ0) is 17.3. The first-order chi connectivity index (χ1) is 10.8. The van der Waals surface area contributed by atoms with E-state index in [4.69, 9.17) is 11.2 Å². The third-order valence-electron chi connectivity index (χ3n) is 3.73. The Morgan fingerprint density at radius 1 is 1.30 bits per heavy atom. The number of benzene rings is 1. The van der Waals surface area contributed by atoms with Crippen LogP contribution in [0.25, 0.3) is 5.57 Å². The maximum atomic E-state index is 12.4. The number of nitrogens with one attached hydrogen (secondary N) is 1. The first-order valence-corrected chi connectivity index (χ1v) is 7.28.